The zero-order chi connectivity index (χ0) is 13.1. The van der Waals surface area contributed by atoms with Crippen molar-refractivity contribution in [3.05, 3.63) is 28.5 Å². The summed E-state index contributed by atoms with van der Waals surface area (Å²) in [6.45, 7) is 2.20. The van der Waals surface area contributed by atoms with Gasteiger partial charge in [-0.25, -0.2) is 4.79 Å². The molecular formula is C12H14BrN3O2. The zero-order valence-corrected chi connectivity index (χ0v) is 11.6. The minimum absolute atomic E-state index is 0.161. The number of hydrogen-bond donors (Lipinski definition) is 1. The third-order valence-corrected chi connectivity index (χ3v) is 3.26. The summed E-state index contributed by atoms with van der Waals surface area (Å²) >= 11 is 3.29. The SMILES string of the molecule is CCCC1NC(=O)N(Cc2ccc(Br)cn2)C1=O. The molecule has 96 valence electrons. The van der Waals surface area contributed by atoms with E-state index in [1.165, 1.54) is 4.90 Å². The zero-order valence-electron chi connectivity index (χ0n) is 10.0. The van der Waals surface area contributed by atoms with E-state index in [0.29, 0.717) is 12.1 Å². The van der Waals surface area contributed by atoms with E-state index in [1.54, 1.807) is 12.3 Å². The standard InChI is InChI=1S/C12H14BrN3O2/c1-2-3-10-11(17)16(12(18)15-10)7-9-5-4-8(13)6-14-9/h4-6,10H,2-3,7H2,1H3,(H,15,18). The number of rotatable bonds is 4. The molecule has 0 saturated carbocycles. The summed E-state index contributed by atoms with van der Waals surface area (Å²) in [4.78, 5) is 29.1. The summed E-state index contributed by atoms with van der Waals surface area (Å²) in [6.07, 6.45) is 3.19. The molecule has 2 heterocycles. The van der Waals surface area contributed by atoms with Crippen LogP contribution in [0.15, 0.2) is 22.8 Å². The lowest BCUT2D eigenvalue weighted by Gasteiger charge is -2.12. The highest BCUT2D eigenvalue weighted by Gasteiger charge is 2.37. The van der Waals surface area contributed by atoms with Crippen LogP contribution in [0.25, 0.3) is 0 Å². The van der Waals surface area contributed by atoms with Gasteiger partial charge < -0.3 is 5.32 Å². The minimum atomic E-state index is -0.377. The molecule has 5 nitrogen and oxygen atoms in total. The van der Waals surface area contributed by atoms with Crippen LogP contribution in [-0.2, 0) is 11.3 Å². The van der Waals surface area contributed by atoms with Crippen molar-refractivity contribution >= 4 is 27.9 Å². The number of aromatic nitrogens is 1. The molecule has 6 heteroatoms. The van der Waals surface area contributed by atoms with Gasteiger partial charge in [0.15, 0.2) is 0 Å². The van der Waals surface area contributed by atoms with Crippen LogP contribution in [0.3, 0.4) is 0 Å². The number of amides is 3. The van der Waals surface area contributed by atoms with Gasteiger partial charge in [0.25, 0.3) is 5.91 Å². The quantitative estimate of drug-likeness (QED) is 0.866. The molecule has 0 bridgehead atoms. The monoisotopic (exact) mass is 311 g/mol. The maximum atomic E-state index is 12.0. The number of halogens is 1. The van der Waals surface area contributed by atoms with Gasteiger partial charge in [0.05, 0.1) is 12.2 Å². The Morgan fingerprint density at radius 3 is 2.83 bits per heavy atom. The predicted molar refractivity (Wildman–Crippen MR) is 69.7 cm³/mol. The van der Waals surface area contributed by atoms with E-state index < -0.39 is 0 Å². The third-order valence-electron chi connectivity index (χ3n) is 2.79. The lowest BCUT2D eigenvalue weighted by molar-refractivity contribution is -0.128. The van der Waals surface area contributed by atoms with Crippen molar-refractivity contribution in [3.63, 3.8) is 0 Å². The first-order valence-corrected chi connectivity index (χ1v) is 6.63. The predicted octanol–water partition coefficient (Wildman–Crippen LogP) is 2.06. The molecule has 2 rings (SSSR count). The second-order valence-electron chi connectivity index (χ2n) is 4.18. The summed E-state index contributed by atoms with van der Waals surface area (Å²) in [6, 6.07) is 2.92. The number of pyridine rings is 1. The molecular weight excluding hydrogens is 298 g/mol. The van der Waals surface area contributed by atoms with Gasteiger partial charge in [0.1, 0.15) is 6.04 Å². The van der Waals surface area contributed by atoms with E-state index in [9.17, 15) is 9.59 Å². The van der Waals surface area contributed by atoms with Gasteiger partial charge in [0, 0.05) is 10.7 Å². The van der Waals surface area contributed by atoms with Crippen molar-refractivity contribution in [2.45, 2.75) is 32.4 Å². The molecule has 1 aromatic rings. The van der Waals surface area contributed by atoms with E-state index >= 15 is 0 Å². The van der Waals surface area contributed by atoms with Gasteiger partial charge in [-0.3, -0.25) is 14.7 Å². The average Bonchev–Trinajstić information content (AvgIpc) is 2.60. The Kier molecular flexibility index (Phi) is 3.96. The minimum Gasteiger partial charge on any atom is -0.326 e. The van der Waals surface area contributed by atoms with Crippen LogP contribution in [0.5, 0.6) is 0 Å². The number of nitrogens with zero attached hydrogens (tertiary/aromatic N) is 2. The molecule has 1 aliphatic rings. The summed E-state index contributed by atoms with van der Waals surface area (Å²) in [5.74, 6) is -0.161. The number of carbonyl (C=O) groups is 2. The molecule has 1 atom stereocenters. The van der Waals surface area contributed by atoms with E-state index in [-0.39, 0.29) is 24.5 Å². The fraction of sp³-hybridized carbons (Fsp3) is 0.417. The van der Waals surface area contributed by atoms with E-state index in [4.69, 9.17) is 0 Å². The van der Waals surface area contributed by atoms with Crippen LogP contribution in [-0.4, -0.2) is 27.9 Å². The first-order valence-electron chi connectivity index (χ1n) is 5.84. The Bertz CT molecular complexity index is 461. The summed E-state index contributed by atoms with van der Waals surface area (Å²) in [5.41, 5.74) is 0.693. The molecule has 1 N–H and O–H groups in total. The van der Waals surface area contributed by atoms with Crippen molar-refractivity contribution in [1.29, 1.82) is 0 Å². The van der Waals surface area contributed by atoms with Crippen molar-refractivity contribution < 1.29 is 9.59 Å². The Balaban J connectivity index is 2.07. The number of carbonyl (C=O) groups excluding carboxylic acids is 2. The second-order valence-corrected chi connectivity index (χ2v) is 5.10. The van der Waals surface area contributed by atoms with Gasteiger partial charge in [-0.15, -0.1) is 0 Å². The first-order chi connectivity index (χ1) is 8.61. The second kappa shape index (κ2) is 5.48. The maximum Gasteiger partial charge on any atom is 0.325 e. The van der Waals surface area contributed by atoms with Gasteiger partial charge in [-0.05, 0) is 34.5 Å². The Hall–Kier alpha value is -1.43. The molecule has 1 fully saturated rings. The molecule has 18 heavy (non-hydrogen) atoms. The number of imide groups is 1. The van der Waals surface area contributed by atoms with Crippen LogP contribution in [0.1, 0.15) is 25.5 Å². The fourth-order valence-corrected chi connectivity index (χ4v) is 2.11. The van der Waals surface area contributed by atoms with Crippen molar-refractivity contribution in [1.82, 2.24) is 15.2 Å². The molecule has 3 amide bonds. The highest BCUT2D eigenvalue weighted by molar-refractivity contribution is 9.10. The largest absolute Gasteiger partial charge is 0.326 e. The number of nitrogens with one attached hydrogen (secondary N) is 1. The Morgan fingerprint density at radius 2 is 2.22 bits per heavy atom. The number of hydrogen-bond acceptors (Lipinski definition) is 3. The molecule has 0 aliphatic carbocycles. The summed E-state index contributed by atoms with van der Waals surface area (Å²) < 4.78 is 0.868. The molecule has 1 saturated heterocycles. The van der Waals surface area contributed by atoms with Crippen LogP contribution in [0, 0.1) is 0 Å². The lowest BCUT2D eigenvalue weighted by Crippen LogP contribution is -2.31. The van der Waals surface area contributed by atoms with Gasteiger partial charge in [0.2, 0.25) is 0 Å². The van der Waals surface area contributed by atoms with E-state index in [1.807, 2.05) is 13.0 Å². The Labute approximate surface area is 114 Å². The lowest BCUT2D eigenvalue weighted by atomic mass is 10.1. The van der Waals surface area contributed by atoms with Crippen LogP contribution < -0.4 is 5.32 Å². The van der Waals surface area contributed by atoms with Gasteiger partial charge >= 0.3 is 6.03 Å². The van der Waals surface area contributed by atoms with Crippen LogP contribution >= 0.6 is 15.9 Å². The van der Waals surface area contributed by atoms with Crippen molar-refractivity contribution in [2.75, 3.05) is 0 Å². The molecule has 1 aromatic heterocycles. The molecule has 0 radical (unpaired) electrons. The Morgan fingerprint density at radius 1 is 1.44 bits per heavy atom. The fourth-order valence-electron chi connectivity index (χ4n) is 1.87. The average molecular weight is 312 g/mol. The normalized spacial score (nSPS) is 19.2. The van der Waals surface area contributed by atoms with Crippen LogP contribution in [0.2, 0.25) is 0 Å². The maximum absolute atomic E-state index is 12.0. The first kappa shape index (κ1) is 13.0. The smallest absolute Gasteiger partial charge is 0.325 e. The summed E-state index contributed by atoms with van der Waals surface area (Å²) in [7, 11) is 0. The van der Waals surface area contributed by atoms with E-state index in [0.717, 1.165) is 10.9 Å². The summed E-state index contributed by atoms with van der Waals surface area (Å²) in [5, 5.41) is 2.69. The van der Waals surface area contributed by atoms with Gasteiger partial charge in [-0.1, -0.05) is 13.3 Å². The third kappa shape index (κ3) is 2.69. The highest BCUT2D eigenvalue weighted by Crippen LogP contribution is 2.15. The molecule has 0 aromatic carbocycles. The highest BCUT2D eigenvalue weighted by atomic mass is 79.9. The molecule has 1 aliphatic heterocycles. The van der Waals surface area contributed by atoms with Gasteiger partial charge in [-0.2, -0.15) is 0 Å². The van der Waals surface area contributed by atoms with Crippen LogP contribution in [0.4, 0.5) is 4.79 Å². The molecule has 0 spiro atoms. The van der Waals surface area contributed by atoms with Crippen molar-refractivity contribution in [2.24, 2.45) is 0 Å². The topological polar surface area (TPSA) is 62.3 Å². The van der Waals surface area contributed by atoms with Crippen molar-refractivity contribution in [3.8, 4) is 0 Å². The molecule has 1 unspecified atom stereocenters. The number of urea groups is 1. The van der Waals surface area contributed by atoms with E-state index in [2.05, 4.69) is 26.2 Å².